The fourth-order valence-electron chi connectivity index (χ4n) is 2.51. The Hall–Kier alpha value is -3.20. The SMILES string of the molecule is CC[C@@H](C)NC(=O)C(=O)N/N=C\c1cc(Br)ccc1OCC(=O)Nc1ccc(C)c(C)c1. The third kappa shape index (κ3) is 7.81. The van der Waals surface area contributed by atoms with Crippen LogP contribution in [0.3, 0.4) is 0 Å². The van der Waals surface area contributed by atoms with Gasteiger partial charge >= 0.3 is 11.8 Å². The van der Waals surface area contributed by atoms with Gasteiger partial charge in [-0.1, -0.05) is 28.9 Å². The van der Waals surface area contributed by atoms with Crippen LogP contribution in [-0.4, -0.2) is 36.6 Å². The lowest BCUT2D eigenvalue weighted by molar-refractivity contribution is -0.139. The van der Waals surface area contributed by atoms with Gasteiger partial charge in [0.15, 0.2) is 6.61 Å². The Kier molecular flexibility index (Phi) is 9.39. The van der Waals surface area contributed by atoms with Gasteiger partial charge in [-0.3, -0.25) is 14.4 Å². The smallest absolute Gasteiger partial charge is 0.329 e. The van der Waals surface area contributed by atoms with Crippen molar-refractivity contribution >= 4 is 45.6 Å². The average molecular weight is 503 g/mol. The molecule has 0 fully saturated rings. The number of rotatable bonds is 8. The Labute approximate surface area is 195 Å². The Morgan fingerprint density at radius 1 is 1.09 bits per heavy atom. The molecule has 0 radical (unpaired) electrons. The molecule has 3 N–H and O–H groups in total. The van der Waals surface area contributed by atoms with E-state index in [0.29, 0.717) is 23.4 Å². The Morgan fingerprint density at radius 2 is 1.84 bits per heavy atom. The number of halogens is 1. The first-order valence-electron chi connectivity index (χ1n) is 10.1. The van der Waals surface area contributed by atoms with Crippen molar-refractivity contribution in [3.63, 3.8) is 0 Å². The highest BCUT2D eigenvalue weighted by Crippen LogP contribution is 2.22. The highest BCUT2D eigenvalue weighted by atomic mass is 79.9. The van der Waals surface area contributed by atoms with E-state index in [2.05, 4.69) is 37.1 Å². The van der Waals surface area contributed by atoms with E-state index < -0.39 is 11.8 Å². The molecule has 32 heavy (non-hydrogen) atoms. The van der Waals surface area contributed by atoms with Crippen molar-refractivity contribution in [2.45, 2.75) is 40.2 Å². The summed E-state index contributed by atoms with van der Waals surface area (Å²) in [5.74, 6) is -1.54. The maximum Gasteiger partial charge on any atom is 0.329 e. The van der Waals surface area contributed by atoms with E-state index in [1.54, 1.807) is 25.1 Å². The molecule has 0 saturated heterocycles. The lowest BCUT2D eigenvalue weighted by atomic mass is 10.1. The predicted molar refractivity (Wildman–Crippen MR) is 128 cm³/mol. The van der Waals surface area contributed by atoms with E-state index in [1.807, 2.05) is 39.0 Å². The maximum absolute atomic E-state index is 12.3. The van der Waals surface area contributed by atoms with E-state index >= 15 is 0 Å². The molecule has 3 amide bonds. The molecule has 0 aliphatic rings. The molecule has 1 atom stereocenters. The van der Waals surface area contributed by atoms with E-state index in [9.17, 15) is 14.4 Å². The zero-order valence-corrected chi connectivity index (χ0v) is 20.1. The monoisotopic (exact) mass is 502 g/mol. The molecule has 0 aromatic heterocycles. The molecule has 0 aliphatic heterocycles. The third-order valence-electron chi connectivity index (χ3n) is 4.69. The molecule has 2 aromatic carbocycles. The van der Waals surface area contributed by atoms with Crippen LogP contribution in [0.15, 0.2) is 46.0 Å². The number of amides is 3. The van der Waals surface area contributed by atoms with E-state index in [-0.39, 0.29) is 18.6 Å². The summed E-state index contributed by atoms with van der Waals surface area (Å²) in [6.07, 6.45) is 2.05. The number of hydrogen-bond acceptors (Lipinski definition) is 5. The Morgan fingerprint density at radius 3 is 2.53 bits per heavy atom. The second-order valence-electron chi connectivity index (χ2n) is 7.30. The highest BCUT2D eigenvalue weighted by molar-refractivity contribution is 9.10. The number of nitrogens with zero attached hydrogens (tertiary/aromatic N) is 1. The standard InChI is InChI=1S/C23H27BrN4O4/c1-5-16(4)26-22(30)23(31)28-25-12-17-11-18(24)7-9-20(17)32-13-21(29)27-19-8-6-14(2)15(3)10-19/h6-12,16H,5,13H2,1-4H3,(H,26,30)(H,27,29)(H,28,31)/b25-12-/t16-/m1/s1. The molecule has 0 spiro atoms. The van der Waals surface area contributed by atoms with Crippen molar-refractivity contribution < 1.29 is 19.1 Å². The van der Waals surface area contributed by atoms with Crippen LogP contribution in [-0.2, 0) is 14.4 Å². The summed E-state index contributed by atoms with van der Waals surface area (Å²) < 4.78 is 6.39. The first-order valence-corrected chi connectivity index (χ1v) is 10.9. The van der Waals surface area contributed by atoms with Crippen LogP contribution >= 0.6 is 15.9 Å². The number of anilines is 1. The lowest BCUT2D eigenvalue weighted by Gasteiger charge is -2.11. The summed E-state index contributed by atoms with van der Waals surface area (Å²) in [5.41, 5.74) is 5.61. The number of nitrogens with one attached hydrogen (secondary N) is 3. The summed E-state index contributed by atoms with van der Waals surface area (Å²) in [7, 11) is 0. The third-order valence-corrected chi connectivity index (χ3v) is 5.18. The molecule has 0 unspecified atom stereocenters. The van der Waals surface area contributed by atoms with Gasteiger partial charge in [0, 0.05) is 21.8 Å². The van der Waals surface area contributed by atoms with Crippen molar-refractivity contribution in [1.29, 1.82) is 0 Å². The molecule has 0 saturated carbocycles. The van der Waals surface area contributed by atoms with Crippen molar-refractivity contribution in [3.05, 3.63) is 57.6 Å². The van der Waals surface area contributed by atoms with Gasteiger partial charge in [-0.2, -0.15) is 5.10 Å². The number of hydrogen-bond donors (Lipinski definition) is 3. The van der Waals surface area contributed by atoms with E-state index in [4.69, 9.17) is 4.74 Å². The van der Waals surface area contributed by atoms with Crippen LogP contribution in [0, 0.1) is 13.8 Å². The minimum Gasteiger partial charge on any atom is -0.483 e. The summed E-state index contributed by atoms with van der Waals surface area (Å²) in [6.45, 7) is 7.47. The minimum atomic E-state index is -0.869. The van der Waals surface area contributed by atoms with Crippen molar-refractivity contribution in [2.24, 2.45) is 5.10 Å². The fraction of sp³-hybridized carbons (Fsp3) is 0.304. The van der Waals surface area contributed by atoms with Gasteiger partial charge in [0.25, 0.3) is 5.91 Å². The molecule has 0 aliphatic carbocycles. The maximum atomic E-state index is 12.3. The summed E-state index contributed by atoms with van der Waals surface area (Å²) in [6, 6.07) is 10.7. The number of carbonyl (C=O) groups excluding carboxylic acids is 3. The largest absolute Gasteiger partial charge is 0.483 e. The molecule has 9 heteroatoms. The quantitative estimate of drug-likeness (QED) is 0.291. The number of carbonyl (C=O) groups is 3. The number of benzene rings is 2. The zero-order chi connectivity index (χ0) is 23.7. The van der Waals surface area contributed by atoms with Crippen LogP contribution < -0.4 is 20.8 Å². The molecule has 0 bridgehead atoms. The molecule has 170 valence electrons. The van der Waals surface area contributed by atoms with Gasteiger partial charge in [-0.25, -0.2) is 5.43 Å². The number of hydrazone groups is 1. The van der Waals surface area contributed by atoms with Crippen LogP contribution in [0.25, 0.3) is 0 Å². The normalized spacial score (nSPS) is 11.7. The summed E-state index contributed by atoms with van der Waals surface area (Å²) in [5, 5.41) is 9.17. The van der Waals surface area contributed by atoms with Crippen LogP contribution in [0.4, 0.5) is 5.69 Å². The Bertz CT molecular complexity index is 1020. The first kappa shape index (κ1) is 25.1. The topological polar surface area (TPSA) is 109 Å². The van der Waals surface area contributed by atoms with Gasteiger partial charge in [-0.05, 0) is 68.7 Å². The number of aryl methyl sites for hydroxylation is 2. The lowest BCUT2D eigenvalue weighted by Crippen LogP contribution is -2.41. The van der Waals surface area contributed by atoms with E-state index in [1.165, 1.54) is 6.21 Å². The van der Waals surface area contributed by atoms with Gasteiger partial charge in [0.1, 0.15) is 5.75 Å². The second-order valence-corrected chi connectivity index (χ2v) is 8.22. The van der Waals surface area contributed by atoms with Crippen LogP contribution in [0.1, 0.15) is 37.0 Å². The van der Waals surface area contributed by atoms with Crippen molar-refractivity contribution in [1.82, 2.24) is 10.7 Å². The number of ether oxygens (including phenoxy) is 1. The molecule has 8 nitrogen and oxygen atoms in total. The van der Waals surface area contributed by atoms with Crippen LogP contribution in [0.5, 0.6) is 5.75 Å². The molecule has 2 rings (SSSR count). The van der Waals surface area contributed by atoms with E-state index in [0.717, 1.165) is 15.6 Å². The predicted octanol–water partition coefficient (Wildman–Crippen LogP) is 3.45. The summed E-state index contributed by atoms with van der Waals surface area (Å²) in [4.78, 5) is 35.9. The van der Waals surface area contributed by atoms with Crippen molar-refractivity contribution in [2.75, 3.05) is 11.9 Å². The molecule has 0 heterocycles. The second kappa shape index (κ2) is 12.0. The van der Waals surface area contributed by atoms with Crippen molar-refractivity contribution in [3.8, 4) is 5.75 Å². The highest BCUT2D eigenvalue weighted by Gasteiger charge is 2.14. The first-order chi connectivity index (χ1) is 15.2. The van der Waals surface area contributed by atoms with Gasteiger partial charge in [-0.15, -0.1) is 0 Å². The van der Waals surface area contributed by atoms with Gasteiger partial charge in [0.2, 0.25) is 0 Å². The molecular weight excluding hydrogens is 476 g/mol. The van der Waals surface area contributed by atoms with Gasteiger partial charge < -0.3 is 15.4 Å². The molecule has 2 aromatic rings. The Balaban J connectivity index is 1.97. The average Bonchev–Trinajstić information content (AvgIpc) is 2.75. The minimum absolute atomic E-state index is 0.114. The molecular formula is C23H27BrN4O4. The van der Waals surface area contributed by atoms with Crippen LogP contribution in [0.2, 0.25) is 0 Å². The van der Waals surface area contributed by atoms with Gasteiger partial charge in [0.05, 0.1) is 6.21 Å². The summed E-state index contributed by atoms with van der Waals surface area (Å²) >= 11 is 3.36. The fourth-order valence-corrected chi connectivity index (χ4v) is 2.89. The zero-order valence-electron chi connectivity index (χ0n) is 18.5.